The third-order valence-electron chi connectivity index (χ3n) is 0.408. The van der Waals surface area contributed by atoms with Crippen molar-refractivity contribution in [1.82, 2.24) is 0 Å². The van der Waals surface area contributed by atoms with Gasteiger partial charge in [-0.1, -0.05) is 0 Å². The largest absolute Gasteiger partial charge is 1.00 e. The Morgan fingerprint density at radius 1 is 1.17 bits per heavy atom. The van der Waals surface area contributed by atoms with Gasteiger partial charge >= 0.3 is 29.6 Å². The zero-order valence-electron chi connectivity index (χ0n) is 4.82. The fraction of sp³-hybridized carbons (Fsp3) is 1.00. The minimum absolute atomic E-state index is 0. The van der Waals surface area contributed by atoms with Crippen molar-refractivity contribution in [3.05, 3.63) is 0 Å². The van der Waals surface area contributed by atoms with Crippen molar-refractivity contribution in [2.24, 2.45) is 0 Å². The second-order valence-electron chi connectivity index (χ2n) is 0.781. The molecule has 0 bridgehead atoms. The monoisotopic (exact) mass is 97.1 g/mol. The molecule has 0 saturated carbocycles. The summed E-state index contributed by atoms with van der Waals surface area (Å²) < 4.78 is 4.83. The maximum Gasteiger partial charge on any atom is 1.00 e. The molecule has 0 rings (SSSR count). The van der Waals surface area contributed by atoms with Gasteiger partial charge in [0.2, 0.25) is 0 Å². The molecule has 32 valence electrons. The van der Waals surface area contributed by atoms with E-state index in [0.717, 1.165) is 13.2 Å². The predicted octanol–water partition coefficient (Wildman–Crippen LogP) is -1.95. The van der Waals surface area contributed by atoms with Crippen LogP contribution in [0.3, 0.4) is 0 Å². The Kier molecular flexibility index (Phi) is 15.7. The van der Waals surface area contributed by atoms with Gasteiger partial charge in [-0.2, -0.15) is 0 Å². The second kappa shape index (κ2) is 9.35. The summed E-state index contributed by atoms with van der Waals surface area (Å²) in [5.74, 6) is 0. The molecule has 0 atom stereocenters. The molecule has 0 heterocycles. The molecular formula is C4H10NaO+. The molecule has 2 heteroatoms. The first-order chi connectivity index (χ1) is 2.41. The Hall–Kier alpha value is 0.960. The van der Waals surface area contributed by atoms with Crippen molar-refractivity contribution in [3.8, 4) is 0 Å². The molecule has 0 fully saturated rings. The van der Waals surface area contributed by atoms with Gasteiger partial charge in [0.15, 0.2) is 0 Å². The van der Waals surface area contributed by atoms with E-state index in [1.165, 1.54) is 0 Å². The van der Waals surface area contributed by atoms with Crippen LogP contribution in [0.15, 0.2) is 0 Å². The zero-order valence-corrected chi connectivity index (χ0v) is 6.82. The Bertz CT molecular complexity index is 15.0. The first-order valence-electron chi connectivity index (χ1n) is 1.99. The Morgan fingerprint density at radius 3 is 1.50 bits per heavy atom. The van der Waals surface area contributed by atoms with E-state index < -0.39 is 0 Å². The van der Waals surface area contributed by atoms with E-state index in [9.17, 15) is 0 Å². The smallest absolute Gasteiger partial charge is 0.382 e. The summed E-state index contributed by atoms with van der Waals surface area (Å²) in [7, 11) is 0. The topological polar surface area (TPSA) is 9.23 Å². The number of rotatable bonds is 2. The normalized spacial score (nSPS) is 7.00. The van der Waals surface area contributed by atoms with Gasteiger partial charge in [0, 0.05) is 13.2 Å². The SMILES string of the molecule is CCOCC.[Na+]. The van der Waals surface area contributed by atoms with Crippen LogP contribution in [0.4, 0.5) is 0 Å². The van der Waals surface area contributed by atoms with Gasteiger partial charge in [0.25, 0.3) is 0 Å². The molecule has 0 aliphatic rings. The van der Waals surface area contributed by atoms with Crippen LogP contribution in [-0.4, -0.2) is 13.2 Å². The first kappa shape index (κ1) is 10.0. The third-order valence-corrected chi connectivity index (χ3v) is 0.408. The molecule has 6 heavy (non-hydrogen) atoms. The molecule has 0 N–H and O–H groups in total. The van der Waals surface area contributed by atoms with E-state index in [-0.39, 0.29) is 29.6 Å². The fourth-order valence-electron chi connectivity index (χ4n) is 0.204. The summed E-state index contributed by atoms with van der Waals surface area (Å²) in [5, 5.41) is 0. The molecule has 0 amide bonds. The van der Waals surface area contributed by atoms with E-state index in [0.29, 0.717) is 0 Å². The van der Waals surface area contributed by atoms with Crippen LogP contribution in [0.2, 0.25) is 0 Å². The molecule has 0 aromatic rings. The van der Waals surface area contributed by atoms with E-state index >= 15 is 0 Å². The fourth-order valence-corrected chi connectivity index (χ4v) is 0.204. The average molecular weight is 97.1 g/mol. The Balaban J connectivity index is 0. The van der Waals surface area contributed by atoms with E-state index in [1.54, 1.807) is 0 Å². The van der Waals surface area contributed by atoms with Crippen molar-refractivity contribution in [2.75, 3.05) is 13.2 Å². The molecule has 0 aliphatic heterocycles. The van der Waals surface area contributed by atoms with Crippen molar-refractivity contribution < 1.29 is 34.3 Å². The van der Waals surface area contributed by atoms with Gasteiger partial charge < -0.3 is 4.74 Å². The Labute approximate surface area is 61.4 Å². The van der Waals surface area contributed by atoms with Crippen LogP contribution < -0.4 is 29.6 Å². The number of ether oxygens (including phenoxy) is 1. The first-order valence-corrected chi connectivity index (χ1v) is 1.99. The number of hydrogen-bond acceptors (Lipinski definition) is 1. The van der Waals surface area contributed by atoms with Crippen LogP contribution in [0, 0.1) is 0 Å². The third kappa shape index (κ3) is 8.88. The quantitative estimate of drug-likeness (QED) is 0.364. The van der Waals surface area contributed by atoms with E-state index in [1.807, 2.05) is 13.8 Å². The maximum absolute atomic E-state index is 4.83. The van der Waals surface area contributed by atoms with E-state index in [4.69, 9.17) is 4.74 Å². The number of hydrogen-bond donors (Lipinski definition) is 0. The summed E-state index contributed by atoms with van der Waals surface area (Å²) in [6.45, 7) is 5.67. The molecular weight excluding hydrogens is 87.0 g/mol. The molecule has 0 radical (unpaired) electrons. The molecule has 0 unspecified atom stereocenters. The van der Waals surface area contributed by atoms with Crippen molar-refractivity contribution in [2.45, 2.75) is 13.8 Å². The standard InChI is InChI=1S/C4H10O.Na/c1-3-5-4-2;/h3-4H2,1-2H3;/q;+1. The Morgan fingerprint density at radius 2 is 1.50 bits per heavy atom. The van der Waals surface area contributed by atoms with E-state index in [2.05, 4.69) is 0 Å². The van der Waals surface area contributed by atoms with Crippen LogP contribution in [0.5, 0.6) is 0 Å². The molecule has 0 aliphatic carbocycles. The molecule has 0 aromatic heterocycles. The minimum atomic E-state index is 0. The van der Waals surface area contributed by atoms with Crippen LogP contribution in [-0.2, 0) is 4.74 Å². The molecule has 0 aromatic carbocycles. The van der Waals surface area contributed by atoms with Crippen LogP contribution in [0.25, 0.3) is 0 Å². The minimum Gasteiger partial charge on any atom is -0.382 e. The van der Waals surface area contributed by atoms with Crippen LogP contribution in [0.1, 0.15) is 13.8 Å². The van der Waals surface area contributed by atoms with Crippen molar-refractivity contribution >= 4 is 0 Å². The van der Waals surface area contributed by atoms with Crippen LogP contribution >= 0.6 is 0 Å². The second-order valence-corrected chi connectivity index (χ2v) is 0.781. The van der Waals surface area contributed by atoms with Gasteiger partial charge in [-0.15, -0.1) is 0 Å². The van der Waals surface area contributed by atoms with Gasteiger partial charge in [-0.3, -0.25) is 0 Å². The molecule has 0 saturated heterocycles. The molecule has 0 spiro atoms. The van der Waals surface area contributed by atoms with Gasteiger partial charge in [0.05, 0.1) is 0 Å². The summed E-state index contributed by atoms with van der Waals surface area (Å²) >= 11 is 0. The zero-order chi connectivity index (χ0) is 4.12. The van der Waals surface area contributed by atoms with Gasteiger partial charge in [0.1, 0.15) is 0 Å². The summed E-state index contributed by atoms with van der Waals surface area (Å²) in [6, 6.07) is 0. The predicted molar refractivity (Wildman–Crippen MR) is 22.2 cm³/mol. The average Bonchev–Trinajstić information content (AvgIpc) is 1.41. The summed E-state index contributed by atoms with van der Waals surface area (Å²) in [4.78, 5) is 0. The van der Waals surface area contributed by atoms with Crippen molar-refractivity contribution in [3.63, 3.8) is 0 Å². The van der Waals surface area contributed by atoms with Gasteiger partial charge in [-0.25, -0.2) is 0 Å². The van der Waals surface area contributed by atoms with Crippen molar-refractivity contribution in [1.29, 1.82) is 0 Å². The van der Waals surface area contributed by atoms with Gasteiger partial charge in [-0.05, 0) is 13.8 Å². The summed E-state index contributed by atoms with van der Waals surface area (Å²) in [6.07, 6.45) is 0. The summed E-state index contributed by atoms with van der Waals surface area (Å²) in [5.41, 5.74) is 0. The molecule has 1 nitrogen and oxygen atoms in total. The maximum atomic E-state index is 4.83.